The Bertz CT molecular complexity index is 617. The van der Waals surface area contributed by atoms with Crippen molar-refractivity contribution in [2.45, 2.75) is 39.5 Å². The second-order valence-electron chi connectivity index (χ2n) is 5.84. The van der Waals surface area contributed by atoms with E-state index in [1.165, 1.54) is 22.3 Å². The van der Waals surface area contributed by atoms with Gasteiger partial charge in [-0.3, -0.25) is 0 Å². The van der Waals surface area contributed by atoms with Crippen molar-refractivity contribution in [2.24, 2.45) is 0 Å². The van der Waals surface area contributed by atoms with Gasteiger partial charge in [-0.2, -0.15) is 0 Å². The van der Waals surface area contributed by atoms with E-state index in [1.807, 2.05) is 0 Å². The first-order valence-electron chi connectivity index (χ1n) is 7.41. The normalized spacial score (nSPS) is 12.4. The number of rotatable bonds is 5. The Morgan fingerprint density at radius 2 is 1.76 bits per heavy atom. The van der Waals surface area contributed by atoms with Crippen molar-refractivity contribution in [1.82, 2.24) is 0 Å². The van der Waals surface area contributed by atoms with Gasteiger partial charge in [0, 0.05) is 10.9 Å². The van der Waals surface area contributed by atoms with Gasteiger partial charge >= 0.3 is 0 Å². The van der Waals surface area contributed by atoms with Gasteiger partial charge in [0.05, 0.1) is 0 Å². The molecule has 2 aromatic carbocycles. The van der Waals surface area contributed by atoms with Crippen LogP contribution in [0, 0.1) is 13.8 Å². The lowest BCUT2D eigenvalue weighted by molar-refractivity contribution is 0.870. The summed E-state index contributed by atoms with van der Waals surface area (Å²) in [6.07, 6.45) is 2.06. The lowest BCUT2D eigenvalue weighted by Crippen LogP contribution is -1.99. The molecule has 0 heterocycles. The van der Waals surface area contributed by atoms with Crippen LogP contribution in [-0.4, -0.2) is 5.88 Å². The molecule has 0 amide bonds. The second-order valence-corrected chi connectivity index (χ2v) is 6.56. The van der Waals surface area contributed by atoms with Crippen LogP contribution in [0.25, 0.3) is 0 Å². The Morgan fingerprint density at radius 3 is 2.43 bits per heavy atom. The van der Waals surface area contributed by atoms with E-state index in [0.29, 0.717) is 11.8 Å². The molecule has 0 spiro atoms. The quantitative estimate of drug-likeness (QED) is 0.585. The van der Waals surface area contributed by atoms with Crippen LogP contribution in [0.2, 0.25) is 5.02 Å². The second kappa shape index (κ2) is 7.33. The Kier molecular flexibility index (Phi) is 5.72. The zero-order valence-electron chi connectivity index (χ0n) is 12.9. The summed E-state index contributed by atoms with van der Waals surface area (Å²) in [4.78, 5) is 0. The molecule has 0 fully saturated rings. The fourth-order valence-corrected chi connectivity index (χ4v) is 3.11. The molecule has 0 saturated carbocycles. The predicted molar refractivity (Wildman–Crippen MR) is 93.9 cm³/mol. The summed E-state index contributed by atoms with van der Waals surface area (Å²) >= 11 is 12.3. The first-order valence-corrected chi connectivity index (χ1v) is 8.33. The largest absolute Gasteiger partial charge is 0.126 e. The Balaban J connectivity index is 2.10. The van der Waals surface area contributed by atoms with Gasteiger partial charge in [0.2, 0.25) is 0 Å². The minimum Gasteiger partial charge on any atom is -0.126 e. The molecule has 0 radical (unpaired) electrons. The summed E-state index contributed by atoms with van der Waals surface area (Å²) in [5, 5.41) is 0.835. The minimum absolute atomic E-state index is 0.298. The van der Waals surface area contributed by atoms with Gasteiger partial charge in [-0.15, -0.1) is 11.6 Å². The van der Waals surface area contributed by atoms with Crippen LogP contribution >= 0.6 is 23.2 Å². The molecular weight excluding hydrogens is 299 g/mol. The SMILES string of the molecule is Cc1ccc(C)c(CCc2ccc(C(C)CCl)c(Cl)c2)c1. The smallest absolute Gasteiger partial charge is 0.0443 e. The van der Waals surface area contributed by atoms with Crippen LogP contribution in [0.15, 0.2) is 36.4 Å². The monoisotopic (exact) mass is 320 g/mol. The summed E-state index contributed by atoms with van der Waals surface area (Å²) in [6, 6.07) is 13.0. The summed E-state index contributed by atoms with van der Waals surface area (Å²) in [5.41, 5.74) is 6.52. The maximum Gasteiger partial charge on any atom is 0.0443 e. The first kappa shape index (κ1) is 16.4. The van der Waals surface area contributed by atoms with E-state index in [0.717, 1.165) is 23.4 Å². The van der Waals surface area contributed by atoms with Gasteiger partial charge in [0.1, 0.15) is 0 Å². The third kappa shape index (κ3) is 4.25. The van der Waals surface area contributed by atoms with Gasteiger partial charge in [-0.1, -0.05) is 54.4 Å². The van der Waals surface area contributed by atoms with E-state index in [-0.39, 0.29) is 0 Å². The van der Waals surface area contributed by atoms with Crippen LogP contribution in [0.5, 0.6) is 0 Å². The van der Waals surface area contributed by atoms with Gasteiger partial charge < -0.3 is 0 Å². The molecule has 0 aliphatic carbocycles. The predicted octanol–water partition coefficient (Wildman–Crippen LogP) is 6.08. The average molecular weight is 321 g/mol. The average Bonchev–Trinajstić information content (AvgIpc) is 2.47. The number of benzene rings is 2. The minimum atomic E-state index is 0.298. The van der Waals surface area contributed by atoms with Crippen LogP contribution < -0.4 is 0 Å². The summed E-state index contributed by atoms with van der Waals surface area (Å²) < 4.78 is 0. The number of hydrogen-bond acceptors (Lipinski definition) is 0. The van der Waals surface area contributed by atoms with E-state index in [9.17, 15) is 0 Å². The van der Waals surface area contributed by atoms with Gasteiger partial charge in [0.15, 0.2) is 0 Å². The maximum atomic E-state index is 6.38. The highest BCUT2D eigenvalue weighted by Crippen LogP contribution is 2.27. The first-order chi connectivity index (χ1) is 10.0. The van der Waals surface area contributed by atoms with Crippen LogP contribution in [0.3, 0.4) is 0 Å². The molecule has 21 heavy (non-hydrogen) atoms. The van der Waals surface area contributed by atoms with Crippen molar-refractivity contribution in [3.05, 3.63) is 69.2 Å². The Labute approximate surface area is 138 Å². The zero-order valence-corrected chi connectivity index (χ0v) is 14.4. The van der Waals surface area contributed by atoms with Crippen molar-refractivity contribution in [2.75, 3.05) is 5.88 Å². The summed E-state index contributed by atoms with van der Waals surface area (Å²) in [6.45, 7) is 6.42. The van der Waals surface area contributed by atoms with Crippen LogP contribution in [0.1, 0.15) is 40.7 Å². The van der Waals surface area contributed by atoms with E-state index in [1.54, 1.807) is 0 Å². The molecule has 0 N–H and O–H groups in total. The molecule has 0 aliphatic heterocycles. The van der Waals surface area contributed by atoms with Crippen LogP contribution in [-0.2, 0) is 12.8 Å². The number of aryl methyl sites for hydroxylation is 4. The fraction of sp³-hybridized carbons (Fsp3) is 0.368. The van der Waals surface area contributed by atoms with Crippen LogP contribution in [0.4, 0.5) is 0 Å². The highest BCUT2D eigenvalue weighted by Gasteiger charge is 2.09. The summed E-state index contributed by atoms with van der Waals surface area (Å²) in [7, 11) is 0. The molecule has 2 rings (SSSR count). The van der Waals surface area contributed by atoms with Gasteiger partial charge in [-0.25, -0.2) is 0 Å². The third-order valence-electron chi connectivity index (χ3n) is 4.01. The molecule has 2 aromatic rings. The highest BCUT2D eigenvalue weighted by atomic mass is 35.5. The lowest BCUT2D eigenvalue weighted by Gasteiger charge is -2.12. The molecule has 112 valence electrons. The molecule has 1 atom stereocenters. The van der Waals surface area contributed by atoms with E-state index in [2.05, 4.69) is 57.2 Å². The molecule has 2 heteroatoms. The third-order valence-corrected chi connectivity index (χ3v) is 4.81. The molecule has 0 nitrogen and oxygen atoms in total. The summed E-state index contributed by atoms with van der Waals surface area (Å²) in [5.74, 6) is 0.897. The number of halogens is 2. The van der Waals surface area contributed by atoms with E-state index in [4.69, 9.17) is 23.2 Å². The zero-order chi connectivity index (χ0) is 15.4. The van der Waals surface area contributed by atoms with Crippen molar-refractivity contribution < 1.29 is 0 Å². The van der Waals surface area contributed by atoms with Gasteiger partial charge in [-0.05, 0) is 60.9 Å². The molecule has 0 aromatic heterocycles. The van der Waals surface area contributed by atoms with Crippen molar-refractivity contribution in [3.63, 3.8) is 0 Å². The standard InChI is InChI=1S/C19H22Cl2/c1-13-4-5-14(2)17(10-13)8-6-16-7-9-18(15(3)12-20)19(21)11-16/h4-5,7,9-11,15H,6,8,12H2,1-3H3. The molecule has 0 saturated heterocycles. The molecule has 0 bridgehead atoms. The molecular formula is C19H22Cl2. The molecule has 0 aliphatic rings. The van der Waals surface area contributed by atoms with E-state index < -0.39 is 0 Å². The van der Waals surface area contributed by atoms with Gasteiger partial charge in [0.25, 0.3) is 0 Å². The van der Waals surface area contributed by atoms with E-state index >= 15 is 0 Å². The Morgan fingerprint density at radius 1 is 1.00 bits per heavy atom. The van der Waals surface area contributed by atoms with Crippen molar-refractivity contribution >= 4 is 23.2 Å². The molecule has 1 unspecified atom stereocenters. The lowest BCUT2D eigenvalue weighted by atomic mass is 9.96. The van der Waals surface area contributed by atoms with Crippen molar-refractivity contribution in [3.8, 4) is 0 Å². The van der Waals surface area contributed by atoms with Crippen molar-refractivity contribution in [1.29, 1.82) is 0 Å². The topological polar surface area (TPSA) is 0 Å². The Hall–Kier alpha value is -0.980. The maximum absolute atomic E-state index is 6.38. The number of hydrogen-bond donors (Lipinski definition) is 0. The number of alkyl halides is 1. The highest BCUT2D eigenvalue weighted by molar-refractivity contribution is 6.31. The fourth-order valence-electron chi connectivity index (χ4n) is 2.56.